The molecule has 1 saturated heterocycles. The Morgan fingerprint density at radius 2 is 1.85 bits per heavy atom. The standard InChI is InChI=1S/C20H22N4O2/c1-13-3-6-18-17(11-13)22-20(26-18)24-9-7-23(8-10-24)19(25)16-12-15(21)5-4-14(16)2/h3-6,11-12H,7-10,21H2,1-2H3. The quantitative estimate of drug-likeness (QED) is 0.719. The van der Waals surface area contributed by atoms with Crippen LogP contribution < -0.4 is 10.6 Å². The van der Waals surface area contributed by atoms with Gasteiger partial charge in [0.25, 0.3) is 11.9 Å². The summed E-state index contributed by atoms with van der Waals surface area (Å²) in [6, 6.07) is 12.1. The molecule has 0 aliphatic carbocycles. The molecular formula is C20H22N4O2. The topological polar surface area (TPSA) is 75.6 Å². The highest BCUT2D eigenvalue weighted by atomic mass is 16.4. The third-order valence-corrected chi connectivity index (χ3v) is 4.86. The first-order valence-electron chi connectivity index (χ1n) is 8.79. The molecule has 4 rings (SSSR count). The number of nitrogens with two attached hydrogens (primary N) is 1. The Balaban J connectivity index is 1.48. The fourth-order valence-corrected chi connectivity index (χ4v) is 3.30. The Hall–Kier alpha value is -3.02. The summed E-state index contributed by atoms with van der Waals surface area (Å²) in [7, 11) is 0. The van der Waals surface area contributed by atoms with Crippen molar-refractivity contribution >= 4 is 28.7 Å². The molecule has 0 spiro atoms. The Bertz CT molecular complexity index is 971. The first kappa shape index (κ1) is 16.4. The van der Waals surface area contributed by atoms with E-state index in [1.807, 2.05) is 49.1 Å². The summed E-state index contributed by atoms with van der Waals surface area (Å²) < 4.78 is 5.87. The second-order valence-corrected chi connectivity index (χ2v) is 6.82. The average molecular weight is 350 g/mol. The van der Waals surface area contributed by atoms with Gasteiger partial charge in [0.15, 0.2) is 5.58 Å². The zero-order chi connectivity index (χ0) is 18.3. The van der Waals surface area contributed by atoms with Gasteiger partial charge in [-0.05, 0) is 49.2 Å². The van der Waals surface area contributed by atoms with E-state index in [2.05, 4.69) is 9.88 Å². The molecule has 0 unspecified atom stereocenters. The molecule has 2 N–H and O–H groups in total. The van der Waals surface area contributed by atoms with Crippen LogP contribution in [0.15, 0.2) is 40.8 Å². The number of rotatable bonds is 2. The van der Waals surface area contributed by atoms with Crippen LogP contribution in [0.2, 0.25) is 0 Å². The molecule has 26 heavy (non-hydrogen) atoms. The Morgan fingerprint density at radius 1 is 1.08 bits per heavy atom. The molecule has 0 atom stereocenters. The van der Waals surface area contributed by atoms with Gasteiger partial charge in [-0.3, -0.25) is 4.79 Å². The molecule has 0 radical (unpaired) electrons. The van der Waals surface area contributed by atoms with E-state index in [-0.39, 0.29) is 5.91 Å². The minimum absolute atomic E-state index is 0.0302. The molecule has 1 aliphatic rings. The first-order valence-corrected chi connectivity index (χ1v) is 8.79. The number of oxazole rings is 1. The van der Waals surface area contributed by atoms with Crippen molar-refractivity contribution in [1.82, 2.24) is 9.88 Å². The number of nitrogen functional groups attached to an aromatic ring is 1. The molecule has 1 aromatic heterocycles. The lowest BCUT2D eigenvalue weighted by molar-refractivity contribution is 0.0744. The number of carbonyl (C=O) groups is 1. The van der Waals surface area contributed by atoms with Crippen molar-refractivity contribution < 1.29 is 9.21 Å². The van der Waals surface area contributed by atoms with Crippen LogP contribution in [0.4, 0.5) is 11.7 Å². The molecule has 2 heterocycles. The minimum atomic E-state index is 0.0302. The number of hydrogen-bond donors (Lipinski definition) is 1. The molecule has 134 valence electrons. The third kappa shape index (κ3) is 2.98. The van der Waals surface area contributed by atoms with Gasteiger partial charge in [-0.1, -0.05) is 12.1 Å². The Kier molecular flexibility index (Phi) is 4.03. The fourth-order valence-electron chi connectivity index (χ4n) is 3.30. The van der Waals surface area contributed by atoms with Crippen molar-refractivity contribution in [2.45, 2.75) is 13.8 Å². The van der Waals surface area contributed by atoms with Gasteiger partial charge in [0, 0.05) is 37.4 Å². The number of amides is 1. The van der Waals surface area contributed by atoms with Gasteiger partial charge in [0.2, 0.25) is 0 Å². The van der Waals surface area contributed by atoms with Crippen LogP contribution in [0.5, 0.6) is 0 Å². The van der Waals surface area contributed by atoms with Crippen LogP contribution in [0.3, 0.4) is 0 Å². The lowest BCUT2D eigenvalue weighted by Crippen LogP contribution is -2.49. The van der Waals surface area contributed by atoms with Gasteiger partial charge in [-0.15, -0.1) is 0 Å². The van der Waals surface area contributed by atoms with Crippen LogP contribution in [0, 0.1) is 13.8 Å². The number of nitrogens with zero attached hydrogens (tertiary/aromatic N) is 3. The first-order chi connectivity index (χ1) is 12.5. The van der Waals surface area contributed by atoms with Crippen LogP contribution >= 0.6 is 0 Å². The highest BCUT2D eigenvalue weighted by Crippen LogP contribution is 2.24. The zero-order valence-electron chi connectivity index (χ0n) is 15.0. The van der Waals surface area contributed by atoms with E-state index in [0.29, 0.717) is 43.4 Å². The average Bonchev–Trinajstić information content (AvgIpc) is 3.06. The van der Waals surface area contributed by atoms with E-state index in [9.17, 15) is 4.79 Å². The monoisotopic (exact) mass is 350 g/mol. The molecule has 1 aliphatic heterocycles. The number of benzene rings is 2. The van der Waals surface area contributed by atoms with E-state index in [4.69, 9.17) is 10.2 Å². The van der Waals surface area contributed by atoms with Crippen LogP contribution in [-0.2, 0) is 0 Å². The molecular weight excluding hydrogens is 328 g/mol. The van der Waals surface area contributed by atoms with Gasteiger partial charge in [-0.25, -0.2) is 0 Å². The molecule has 1 fully saturated rings. The highest BCUT2D eigenvalue weighted by molar-refractivity contribution is 5.96. The van der Waals surface area contributed by atoms with E-state index < -0.39 is 0 Å². The number of aromatic nitrogens is 1. The molecule has 2 aromatic carbocycles. The predicted molar refractivity (Wildman–Crippen MR) is 102 cm³/mol. The summed E-state index contributed by atoms with van der Waals surface area (Å²) in [5, 5.41) is 0. The molecule has 6 nitrogen and oxygen atoms in total. The number of aryl methyl sites for hydroxylation is 2. The van der Waals surface area contributed by atoms with E-state index in [0.717, 1.165) is 22.2 Å². The van der Waals surface area contributed by atoms with E-state index in [1.54, 1.807) is 6.07 Å². The minimum Gasteiger partial charge on any atom is -0.423 e. The lowest BCUT2D eigenvalue weighted by Gasteiger charge is -2.34. The number of hydrogen-bond acceptors (Lipinski definition) is 5. The largest absolute Gasteiger partial charge is 0.423 e. The van der Waals surface area contributed by atoms with Crippen molar-refractivity contribution in [2.24, 2.45) is 0 Å². The van der Waals surface area contributed by atoms with Crippen LogP contribution in [0.25, 0.3) is 11.1 Å². The molecule has 1 amide bonds. The number of anilines is 2. The second kappa shape index (κ2) is 6.37. The van der Waals surface area contributed by atoms with Crippen molar-refractivity contribution in [3.8, 4) is 0 Å². The Labute approximate surface area is 152 Å². The smallest absolute Gasteiger partial charge is 0.298 e. The fraction of sp³-hybridized carbons (Fsp3) is 0.300. The summed E-state index contributed by atoms with van der Waals surface area (Å²) >= 11 is 0. The van der Waals surface area contributed by atoms with Crippen molar-refractivity contribution in [3.63, 3.8) is 0 Å². The maximum atomic E-state index is 12.8. The summed E-state index contributed by atoms with van der Waals surface area (Å²) in [4.78, 5) is 21.4. The van der Waals surface area contributed by atoms with Gasteiger partial charge in [0.1, 0.15) is 5.52 Å². The zero-order valence-corrected chi connectivity index (χ0v) is 15.0. The summed E-state index contributed by atoms with van der Waals surface area (Å²) in [6.45, 7) is 6.62. The van der Waals surface area contributed by atoms with E-state index in [1.165, 1.54) is 0 Å². The lowest BCUT2D eigenvalue weighted by atomic mass is 10.1. The summed E-state index contributed by atoms with van der Waals surface area (Å²) in [5.41, 5.74) is 10.9. The Morgan fingerprint density at radius 3 is 2.62 bits per heavy atom. The molecule has 0 bridgehead atoms. The third-order valence-electron chi connectivity index (χ3n) is 4.86. The molecule has 0 saturated carbocycles. The summed E-state index contributed by atoms with van der Waals surface area (Å²) in [6.07, 6.45) is 0. The highest BCUT2D eigenvalue weighted by Gasteiger charge is 2.25. The van der Waals surface area contributed by atoms with Crippen LogP contribution in [0.1, 0.15) is 21.5 Å². The van der Waals surface area contributed by atoms with E-state index >= 15 is 0 Å². The second-order valence-electron chi connectivity index (χ2n) is 6.82. The number of carbonyl (C=O) groups excluding carboxylic acids is 1. The molecule has 6 heteroatoms. The van der Waals surface area contributed by atoms with Gasteiger partial charge >= 0.3 is 0 Å². The van der Waals surface area contributed by atoms with Gasteiger partial charge < -0.3 is 20.0 Å². The molecule has 3 aromatic rings. The van der Waals surface area contributed by atoms with Crippen molar-refractivity contribution in [3.05, 3.63) is 53.1 Å². The van der Waals surface area contributed by atoms with Gasteiger partial charge in [0.05, 0.1) is 0 Å². The van der Waals surface area contributed by atoms with Crippen molar-refractivity contribution in [1.29, 1.82) is 0 Å². The van der Waals surface area contributed by atoms with Crippen molar-refractivity contribution in [2.75, 3.05) is 36.8 Å². The number of fused-ring (bicyclic) bond motifs is 1. The number of piperazine rings is 1. The normalized spacial score (nSPS) is 14.8. The van der Waals surface area contributed by atoms with Crippen LogP contribution in [-0.4, -0.2) is 42.0 Å². The SMILES string of the molecule is Cc1ccc2oc(N3CCN(C(=O)c4cc(N)ccc4C)CC3)nc2c1. The maximum Gasteiger partial charge on any atom is 0.298 e. The van der Waals surface area contributed by atoms with Gasteiger partial charge in [-0.2, -0.15) is 4.98 Å². The summed E-state index contributed by atoms with van der Waals surface area (Å²) in [5.74, 6) is 0.0302. The maximum absolute atomic E-state index is 12.8. The predicted octanol–water partition coefficient (Wildman–Crippen LogP) is 2.99.